The number of fused-ring (bicyclic) bond motifs is 6. The van der Waals surface area contributed by atoms with Crippen molar-refractivity contribution in [2.24, 2.45) is 0 Å². The SMILES string of the molecule is COc1cc2c(cc1OCCCOc1cc3c(cc1OC)C(=O)N1C=C(c4ccc5ccccc5c4)C[C@H]1C(S(=O)(=O)O)N3)NC(S(=O)(=O)O)[C@@H]1CC(c3ccc4ccccc4c3)=CN1C2=O. The predicted octanol–water partition coefficient (Wildman–Crippen LogP) is 7.65. The third-order valence-corrected chi connectivity index (χ3v) is 14.8. The zero-order chi connectivity index (χ0) is 46.8. The molecule has 2 amide bonds. The van der Waals surface area contributed by atoms with Crippen molar-refractivity contribution in [3.63, 3.8) is 0 Å². The highest BCUT2D eigenvalue weighted by Gasteiger charge is 2.47. The van der Waals surface area contributed by atoms with Gasteiger partial charge in [-0.3, -0.25) is 18.7 Å². The monoisotopic (exact) mass is 944 g/mol. The van der Waals surface area contributed by atoms with Crippen LogP contribution in [-0.4, -0.2) is 97.8 Å². The predicted molar refractivity (Wildman–Crippen MR) is 253 cm³/mol. The number of nitrogens with zero attached hydrogens (tertiary/aromatic N) is 2. The second-order valence-electron chi connectivity index (χ2n) is 16.7. The lowest BCUT2D eigenvalue weighted by atomic mass is 9.99. The molecule has 10 rings (SSSR count). The van der Waals surface area contributed by atoms with Gasteiger partial charge in [0.15, 0.2) is 33.7 Å². The lowest BCUT2D eigenvalue weighted by Crippen LogP contribution is -2.46. The quantitative estimate of drug-likeness (QED) is 0.0686. The van der Waals surface area contributed by atoms with E-state index < -0.39 is 54.9 Å². The van der Waals surface area contributed by atoms with Gasteiger partial charge >= 0.3 is 0 Å². The second-order valence-corrected chi connectivity index (χ2v) is 19.8. The lowest BCUT2D eigenvalue weighted by Gasteiger charge is -2.26. The number of nitrogens with one attached hydrogen (secondary N) is 2. The fraction of sp³-hybridized carbons (Fsp3) is 0.224. The fourth-order valence-electron chi connectivity index (χ4n) is 9.37. The molecule has 0 aromatic heterocycles. The number of carbonyl (C=O) groups excluding carboxylic acids is 2. The van der Waals surface area contributed by atoms with E-state index in [0.717, 1.165) is 43.8 Å². The number of carbonyl (C=O) groups is 2. The first-order valence-electron chi connectivity index (χ1n) is 21.4. The van der Waals surface area contributed by atoms with Crippen molar-refractivity contribution in [3.05, 3.63) is 144 Å². The first-order chi connectivity index (χ1) is 32.2. The second kappa shape index (κ2) is 16.9. The topological polar surface area (TPSA) is 210 Å². The van der Waals surface area contributed by atoms with Crippen LogP contribution in [0.5, 0.6) is 23.0 Å². The van der Waals surface area contributed by atoms with Gasteiger partial charge in [-0.2, -0.15) is 16.8 Å². The van der Waals surface area contributed by atoms with Crippen LogP contribution in [0, 0.1) is 0 Å². The molecule has 0 bridgehead atoms. The standard InChI is InChI=1S/C49H44N4O12S2/c1-62-42-22-36-38(50-46(66(56,57)58)40-20-34(26-52(40)48(36)54)32-14-12-28-8-3-5-10-30(28)18-32)24-44(42)64-16-7-17-65-45-25-39-37(23-43(45)63-2)49(55)53-27-35(21-41(53)47(51-39)67(59,60)61)33-15-13-29-9-4-6-11-31(29)19-33/h3-6,8-15,18-19,22-27,40-41,46-47,50-51H,7,16-17,20-21H2,1-2H3,(H,56,57,58)(H,59,60,61)/t40-,41-,46?,47?/m0/s1. The largest absolute Gasteiger partial charge is 0.493 e. The maximum Gasteiger partial charge on any atom is 0.288 e. The molecule has 67 heavy (non-hydrogen) atoms. The van der Waals surface area contributed by atoms with Crippen LogP contribution in [0.3, 0.4) is 0 Å². The molecule has 344 valence electrons. The molecule has 4 aliphatic rings. The van der Waals surface area contributed by atoms with Crippen LogP contribution in [0.1, 0.15) is 51.1 Å². The number of amides is 2. The van der Waals surface area contributed by atoms with Crippen molar-refractivity contribution in [3.8, 4) is 23.0 Å². The molecule has 0 saturated heterocycles. The van der Waals surface area contributed by atoms with Gasteiger partial charge in [0.1, 0.15) is 0 Å². The van der Waals surface area contributed by atoms with Gasteiger partial charge in [0.25, 0.3) is 32.1 Å². The first kappa shape index (κ1) is 43.8. The number of anilines is 2. The average Bonchev–Trinajstić information content (AvgIpc) is 3.91. The zero-order valence-corrected chi connectivity index (χ0v) is 37.7. The number of hydrogen-bond acceptors (Lipinski definition) is 12. The summed E-state index contributed by atoms with van der Waals surface area (Å²) in [7, 11) is -6.68. The molecular weight excluding hydrogens is 901 g/mol. The summed E-state index contributed by atoms with van der Waals surface area (Å²) < 4.78 is 96.1. The summed E-state index contributed by atoms with van der Waals surface area (Å²) >= 11 is 0. The van der Waals surface area contributed by atoms with Crippen molar-refractivity contribution in [1.29, 1.82) is 0 Å². The van der Waals surface area contributed by atoms with Crippen LogP contribution in [0.2, 0.25) is 0 Å². The first-order valence-corrected chi connectivity index (χ1v) is 24.4. The summed E-state index contributed by atoms with van der Waals surface area (Å²) in [6.07, 6.45) is 3.85. The molecule has 6 aromatic rings. The highest BCUT2D eigenvalue weighted by Crippen LogP contribution is 2.44. The molecule has 4 atom stereocenters. The Morgan fingerprint density at radius 3 is 1.34 bits per heavy atom. The summed E-state index contributed by atoms with van der Waals surface area (Å²) in [5, 5.41) is 6.70. The van der Waals surface area contributed by atoms with E-state index >= 15 is 0 Å². The summed E-state index contributed by atoms with van der Waals surface area (Å²) in [4.78, 5) is 31.0. The lowest BCUT2D eigenvalue weighted by molar-refractivity contribution is 0.0782. The van der Waals surface area contributed by atoms with Gasteiger partial charge in [0, 0.05) is 31.0 Å². The van der Waals surface area contributed by atoms with Gasteiger partial charge in [0.05, 0.1) is 62.0 Å². The van der Waals surface area contributed by atoms with E-state index in [1.807, 2.05) is 84.9 Å². The molecule has 0 aliphatic carbocycles. The number of rotatable bonds is 12. The van der Waals surface area contributed by atoms with Crippen molar-refractivity contribution < 1.29 is 54.5 Å². The van der Waals surface area contributed by atoms with Gasteiger partial charge in [-0.15, -0.1) is 0 Å². The van der Waals surface area contributed by atoms with Gasteiger partial charge in [-0.25, -0.2) is 0 Å². The molecule has 18 heteroatoms. The van der Waals surface area contributed by atoms with E-state index in [9.17, 15) is 35.5 Å². The molecule has 4 N–H and O–H groups in total. The number of benzene rings is 6. The van der Waals surface area contributed by atoms with Crippen LogP contribution in [-0.2, 0) is 20.2 Å². The molecule has 0 fully saturated rings. The highest BCUT2D eigenvalue weighted by atomic mass is 32.2. The third kappa shape index (κ3) is 8.15. The van der Waals surface area contributed by atoms with Crippen LogP contribution in [0.25, 0.3) is 32.7 Å². The highest BCUT2D eigenvalue weighted by molar-refractivity contribution is 7.86. The van der Waals surface area contributed by atoms with E-state index in [2.05, 4.69) is 10.6 Å². The molecule has 4 heterocycles. The minimum absolute atomic E-state index is 0.0504. The molecule has 0 spiro atoms. The third-order valence-electron chi connectivity index (χ3n) is 12.7. The van der Waals surface area contributed by atoms with Gasteiger partial charge in [-0.1, -0.05) is 72.8 Å². The molecule has 16 nitrogen and oxygen atoms in total. The Bertz CT molecular complexity index is 3100. The normalized spacial score (nSPS) is 20.1. The van der Waals surface area contributed by atoms with E-state index in [1.165, 1.54) is 48.3 Å². The molecule has 2 unspecified atom stereocenters. The number of hydrogen-bond donors (Lipinski definition) is 4. The summed E-state index contributed by atoms with van der Waals surface area (Å²) in [5.41, 5.74) is 3.57. The Morgan fingerprint density at radius 2 is 0.955 bits per heavy atom. The molecule has 4 aliphatic heterocycles. The Balaban J connectivity index is 0.851. The van der Waals surface area contributed by atoms with Crippen molar-refractivity contribution >= 4 is 76.1 Å². The van der Waals surface area contributed by atoms with Crippen LogP contribution >= 0.6 is 0 Å². The minimum Gasteiger partial charge on any atom is -0.493 e. The maximum atomic E-state index is 14.2. The van der Waals surface area contributed by atoms with Crippen molar-refractivity contribution in [2.45, 2.75) is 42.1 Å². The summed E-state index contributed by atoms with van der Waals surface area (Å²) in [6.45, 7) is 0.101. The molecule has 0 saturated carbocycles. The van der Waals surface area contributed by atoms with Crippen LogP contribution in [0.15, 0.2) is 122 Å². The van der Waals surface area contributed by atoms with Crippen molar-refractivity contribution in [2.75, 3.05) is 38.1 Å². The number of ether oxygens (including phenoxy) is 4. The van der Waals surface area contributed by atoms with E-state index in [-0.39, 0.29) is 78.0 Å². The zero-order valence-electron chi connectivity index (χ0n) is 36.1. The van der Waals surface area contributed by atoms with Crippen LogP contribution in [0.4, 0.5) is 11.4 Å². The summed E-state index contributed by atoms with van der Waals surface area (Å²) in [5.74, 6) is -0.222. The van der Waals surface area contributed by atoms with E-state index in [4.69, 9.17) is 18.9 Å². The minimum atomic E-state index is -4.75. The molecule has 6 aromatic carbocycles. The summed E-state index contributed by atoms with van der Waals surface area (Å²) in [6, 6.07) is 31.2. The van der Waals surface area contributed by atoms with Gasteiger partial charge in [0.2, 0.25) is 0 Å². The Labute approximate surface area is 385 Å². The van der Waals surface area contributed by atoms with Crippen molar-refractivity contribution in [1.82, 2.24) is 9.80 Å². The molecular formula is C49H44N4O12S2. The fourth-order valence-corrected chi connectivity index (χ4v) is 11.2. The van der Waals surface area contributed by atoms with E-state index in [1.54, 1.807) is 12.4 Å². The smallest absolute Gasteiger partial charge is 0.288 e. The molecule has 0 radical (unpaired) electrons. The average molecular weight is 945 g/mol. The number of methoxy groups -OCH3 is 2. The Hall–Kier alpha value is -7.12. The Morgan fingerprint density at radius 1 is 0.552 bits per heavy atom. The Kier molecular flexibility index (Phi) is 11.1. The van der Waals surface area contributed by atoms with Gasteiger partial charge in [-0.05, 0) is 80.9 Å². The maximum absolute atomic E-state index is 14.2. The van der Waals surface area contributed by atoms with E-state index in [0.29, 0.717) is 0 Å². The van der Waals surface area contributed by atoms with Crippen LogP contribution < -0.4 is 29.6 Å². The van der Waals surface area contributed by atoms with Gasteiger partial charge < -0.3 is 39.4 Å².